The van der Waals surface area contributed by atoms with E-state index in [1.165, 1.54) is 61.5 Å². The van der Waals surface area contributed by atoms with Crippen molar-refractivity contribution in [2.24, 2.45) is 5.92 Å². The number of nitrogens with one attached hydrogen (secondary N) is 1. The first kappa shape index (κ1) is 32.3. The van der Waals surface area contributed by atoms with Gasteiger partial charge in [0.25, 0.3) is 15.9 Å². The second-order valence-electron chi connectivity index (χ2n) is 10.7. The number of aliphatic hydroxyl groups excluding tert-OH is 1. The number of anilines is 1. The van der Waals surface area contributed by atoms with Crippen LogP contribution in [0.1, 0.15) is 29.8 Å². The van der Waals surface area contributed by atoms with Crippen LogP contribution in [0.2, 0.25) is 0 Å². The van der Waals surface area contributed by atoms with E-state index < -0.39 is 44.0 Å². The van der Waals surface area contributed by atoms with E-state index >= 15 is 0 Å². The Morgan fingerprint density at radius 3 is 2.28 bits per heavy atom. The highest BCUT2D eigenvalue weighted by Gasteiger charge is 2.36. The summed E-state index contributed by atoms with van der Waals surface area (Å²) in [7, 11) is -5.09. The van der Waals surface area contributed by atoms with Crippen LogP contribution in [0.3, 0.4) is 0 Å². The molecule has 232 valence electrons. The number of hydrogen-bond donors (Lipinski definition) is 2. The number of aryl methyl sites for hydroxylation is 1. The summed E-state index contributed by atoms with van der Waals surface area (Å²) >= 11 is 0. The summed E-state index contributed by atoms with van der Waals surface area (Å²) < 4.78 is 68.8. The molecule has 0 unspecified atom stereocenters. The minimum atomic E-state index is -4.07. The Morgan fingerprint density at radius 2 is 1.67 bits per heavy atom. The first-order valence-electron chi connectivity index (χ1n) is 13.7. The number of nitrogens with zero attached hydrogens (tertiary/aromatic N) is 2. The molecule has 13 heteroatoms. The van der Waals surface area contributed by atoms with Crippen LogP contribution in [0.5, 0.6) is 11.5 Å². The average Bonchev–Trinajstić information content (AvgIpc) is 2.98. The van der Waals surface area contributed by atoms with Gasteiger partial charge in [-0.1, -0.05) is 30.7 Å². The monoisotopic (exact) mass is 631 g/mol. The maximum absolute atomic E-state index is 13.7. The summed E-state index contributed by atoms with van der Waals surface area (Å²) in [6, 6.07) is 16.3. The lowest BCUT2D eigenvalue weighted by atomic mass is 9.99. The normalized spacial score (nSPS) is 18.3. The van der Waals surface area contributed by atoms with E-state index in [1.54, 1.807) is 31.2 Å². The molecule has 11 nitrogen and oxygen atoms in total. The van der Waals surface area contributed by atoms with Crippen molar-refractivity contribution in [2.75, 3.05) is 38.6 Å². The number of methoxy groups -OCH3 is 1. The Kier molecular flexibility index (Phi) is 9.70. The Morgan fingerprint density at radius 1 is 1.05 bits per heavy atom. The van der Waals surface area contributed by atoms with Crippen LogP contribution < -0.4 is 14.2 Å². The first-order valence-corrected chi connectivity index (χ1v) is 16.6. The maximum Gasteiger partial charge on any atom is 0.262 e. The Bertz CT molecular complexity index is 1660. The highest BCUT2D eigenvalue weighted by atomic mass is 32.2. The quantitative estimate of drug-likeness (QED) is 0.347. The third-order valence-corrected chi connectivity index (χ3v) is 10.7. The minimum Gasteiger partial charge on any atom is -0.497 e. The standard InChI is InChI=1S/C30H37N3O8S2/c1-20-9-13-24(14-10-20)42(36,37)31-27-8-6-7-26-29(27)41-28(21(2)17-33(30(26)35)22(3)19-34)18-32(4)43(38,39)25-15-11-23(40-5)12-16-25/h6-16,21-22,28,31,34H,17-19H2,1-5H3/t21-,22+,28+/m1/s1. The van der Waals surface area contributed by atoms with Crippen molar-refractivity contribution in [3.63, 3.8) is 0 Å². The smallest absolute Gasteiger partial charge is 0.262 e. The van der Waals surface area contributed by atoms with E-state index in [0.29, 0.717) is 5.75 Å². The van der Waals surface area contributed by atoms with Crippen LogP contribution in [0.25, 0.3) is 0 Å². The number of likely N-dealkylation sites (N-methyl/N-ethyl adjacent to an activating group) is 1. The van der Waals surface area contributed by atoms with Gasteiger partial charge >= 0.3 is 0 Å². The minimum absolute atomic E-state index is 0.0230. The van der Waals surface area contributed by atoms with Crippen LogP contribution in [0, 0.1) is 12.8 Å². The number of fused-ring (bicyclic) bond motifs is 1. The molecule has 0 radical (unpaired) electrons. The lowest BCUT2D eigenvalue weighted by Gasteiger charge is -2.38. The van der Waals surface area contributed by atoms with Crippen LogP contribution in [0.4, 0.5) is 5.69 Å². The molecule has 3 aromatic carbocycles. The zero-order chi connectivity index (χ0) is 31.5. The Labute approximate surface area is 253 Å². The van der Waals surface area contributed by atoms with Gasteiger partial charge in [0.1, 0.15) is 11.9 Å². The first-order chi connectivity index (χ1) is 20.3. The molecule has 0 aromatic heterocycles. The molecule has 3 atom stereocenters. The number of para-hydroxylation sites is 1. The second-order valence-corrected chi connectivity index (χ2v) is 14.4. The number of ether oxygens (including phenoxy) is 2. The summed E-state index contributed by atoms with van der Waals surface area (Å²) in [5.74, 6) is -0.373. The SMILES string of the molecule is COc1ccc(S(=O)(=O)N(C)C[C@@H]2Oc3c(NS(=O)(=O)c4ccc(C)cc4)cccc3C(=O)N([C@@H](C)CO)C[C@H]2C)cc1. The van der Waals surface area contributed by atoms with Crippen molar-refractivity contribution < 1.29 is 36.2 Å². The molecule has 1 aliphatic rings. The van der Waals surface area contributed by atoms with E-state index in [4.69, 9.17) is 9.47 Å². The molecule has 0 saturated carbocycles. The number of aliphatic hydroxyl groups is 1. The molecule has 0 spiro atoms. The topological polar surface area (TPSA) is 143 Å². The van der Waals surface area contributed by atoms with Gasteiger partial charge in [-0.2, -0.15) is 4.31 Å². The number of amides is 1. The predicted octanol–water partition coefficient (Wildman–Crippen LogP) is 3.35. The molecule has 4 rings (SSSR count). The fraction of sp³-hybridized carbons (Fsp3) is 0.367. The third kappa shape index (κ3) is 6.96. The van der Waals surface area contributed by atoms with E-state index in [1.807, 2.05) is 13.8 Å². The number of rotatable bonds is 10. The molecule has 1 heterocycles. The number of benzene rings is 3. The lowest BCUT2D eigenvalue weighted by molar-refractivity contribution is 0.0389. The van der Waals surface area contributed by atoms with Gasteiger partial charge in [-0.25, -0.2) is 16.8 Å². The van der Waals surface area contributed by atoms with E-state index in [2.05, 4.69) is 4.72 Å². The van der Waals surface area contributed by atoms with Gasteiger partial charge in [0.05, 0.1) is 47.3 Å². The van der Waals surface area contributed by atoms with Crippen LogP contribution in [-0.4, -0.2) is 83.1 Å². The van der Waals surface area contributed by atoms with Crippen molar-refractivity contribution in [3.05, 3.63) is 77.9 Å². The van der Waals surface area contributed by atoms with Crippen molar-refractivity contribution in [2.45, 2.75) is 42.7 Å². The summed E-state index contributed by atoms with van der Waals surface area (Å²) in [5, 5.41) is 9.92. The number of sulfonamides is 2. The van der Waals surface area contributed by atoms with Gasteiger partial charge in [0.2, 0.25) is 10.0 Å². The van der Waals surface area contributed by atoms with Crippen molar-refractivity contribution in [3.8, 4) is 11.5 Å². The lowest BCUT2D eigenvalue weighted by Crippen LogP contribution is -2.50. The zero-order valence-electron chi connectivity index (χ0n) is 24.7. The van der Waals surface area contributed by atoms with Crippen molar-refractivity contribution in [1.82, 2.24) is 9.21 Å². The molecule has 1 amide bonds. The Hall–Kier alpha value is -3.65. The fourth-order valence-corrected chi connectivity index (χ4v) is 6.99. The van der Waals surface area contributed by atoms with Gasteiger partial charge in [-0.15, -0.1) is 0 Å². The molecule has 0 aliphatic carbocycles. The van der Waals surface area contributed by atoms with Gasteiger partial charge in [-0.3, -0.25) is 9.52 Å². The molecule has 0 saturated heterocycles. The third-order valence-electron chi connectivity index (χ3n) is 7.47. The average molecular weight is 632 g/mol. The largest absolute Gasteiger partial charge is 0.497 e. The predicted molar refractivity (Wildman–Crippen MR) is 162 cm³/mol. The Balaban J connectivity index is 1.74. The van der Waals surface area contributed by atoms with E-state index in [9.17, 15) is 26.7 Å². The molecule has 0 fully saturated rings. The van der Waals surface area contributed by atoms with E-state index in [0.717, 1.165) is 9.87 Å². The second kappa shape index (κ2) is 12.9. The highest BCUT2D eigenvalue weighted by Crippen LogP contribution is 2.36. The molecule has 3 aromatic rings. The summed E-state index contributed by atoms with van der Waals surface area (Å²) in [5.41, 5.74) is 1.01. The molecular weight excluding hydrogens is 594 g/mol. The molecule has 2 N–H and O–H groups in total. The number of carbonyl (C=O) groups is 1. The highest BCUT2D eigenvalue weighted by molar-refractivity contribution is 7.92. The van der Waals surface area contributed by atoms with Crippen LogP contribution in [-0.2, 0) is 20.0 Å². The van der Waals surface area contributed by atoms with Gasteiger partial charge < -0.3 is 19.5 Å². The van der Waals surface area contributed by atoms with Crippen LogP contribution in [0.15, 0.2) is 76.5 Å². The summed E-state index contributed by atoms with van der Waals surface area (Å²) in [4.78, 5) is 15.3. The van der Waals surface area contributed by atoms with Gasteiger partial charge in [0, 0.05) is 19.5 Å². The van der Waals surface area contributed by atoms with Gasteiger partial charge in [-0.05, 0) is 62.4 Å². The van der Waals surface area contributed by atoms with Gasteiger partial charge in [0.15, 0.2) is 5.75 Å². The van der Waals surface area contributed by atoms with E-state index in [-0.39, 0.29) is 46.5 Å². The molecule has 0 bridgehead atoms. The van der Waals surface area contributed by atoms with Crippen LogP contribution >= 0.6 is 0 Å². The van der Waals surface area contributed by atoms with Crippen molar-refractivity contribution in [1.29, 1.82) is 0 Å². The zero-order valence-corrected chi connectivity index (χ0v) is 26.4. The molecule has 43 heavy (non-hydrogen) atoms. The molecule has 1 aliphatic heterocycles. The maximum atomic E-state index is 13.7. The molecular formula is C30H37N3O8S2. The summed E-state index contributed by atoms with van der Waals surface area (Å²) in [6.07, 6.45) is -0.803. The summed E-state index contributed by atoms with van der Waals surface area (Å²) in [6.45, 7) is 5.11. The fourth-order valence-electron chi connectivity index (χ4n) is 4.74. The number of hydrogen-bond acceptors (Lipinski definition) is 8. The number of carbonyl (C=O) groups excluding carboxylic acids is 1. The van der Waals surface area contributed by atoms with Crippen molar-refractivity contribution >= 4 is 31.6 Å².